The molecule has 1 amide bonds. The zero-order valence-corrected chi connectivity index (χ0v) is 11.7. The Labute approximate surface area is 114 Å². The van der Waals surface area contributed by atoms with Crippen LogP contribution in [0.4, 0.5) is 5.69 Å². The fourth-order valence-electron chi connectivity index (χ4n) is 1.30. The first-order valence-corrected chi connectivity index (χ1v) is 6.25. The highest BCUT2D eigenvalue weighted by molar-refractivity contribution is 9.10. The number of hydrogen-bond acceptors (Lipinski definition) is 3. The van der Waals surface area contributed by atoms with E-state index in [9.17, 15) is 9.59 Å². The highest BCUT2D eigenvalue weighted by Crippen LogP contribution is 2.21. The quantitative estimate of drug-likeness (QED) is 0.777. The second-order valence-corrected chi connectivity index (χ2v) is 4.99. The van der Waals surface area contributed by atoms with Crippen molar-refractivity contribution in [1.82, 2.24) is 5.32 Å². The van der Waals surface area contributed by atoms with Crippen molar-refractivity contribution < 1.29 is 14.7 Å². The van der Waals surface area contributed by atoms with Crippen LogP contribution in [0.25, 0.3) is 0 Å². The largest absolute Gasteiger partial charge is 0.478 e. The van der Waals surface area contributed by atoms with Crippen LogP contribution >= 0.6 is 15.9 Å². The second-order valence-electron chi connectivity index (χ2n) is 4.08. The Hall–Kier alpha value is -1.40. The lowest BCUT2D eigenvalue weighted by Crippen LogP contribution is -2.33. The first kappa shape index (κ1) is 14.7. The van der Waals surface area contributed by atoms with Crippen LogP contribution in [0.3, 0.4) is 0 Å². The third kappa shape index (κ3) is 4.46. The maximum absolute atomic E-state index is 11.6. The van der Waals surface area contributed by atoms with Gasteiger partial charge >= 0.3 is 5.97 Å². The maximum Gasteiger partial charge on any atom is 0.337 e. The summed E-state index contributed by atoms with van der Waals surface area (Å²) in [7, 11) is 0. The molecule has 18 heavy (non-hydrogen) atoms. The number of halogens is 1. The van der Waals surface area contributed by atoms with Gasteiger partial charge in [0.05, 0.1) is 17.8 Å². The van der Waals surface area contributed by atoms with Crippen LogP contribution in [-0.2, 0) is 4.79 Å². The molecule has 0 aliphatic rings. The first-order chi connectivity index (χ1) is 8.40. The molecule has 0 heterocycles. The number of rotatable bonds is 5. The molecule has 0 radical (unpaired) electrons. The number of nitrogens with one attached hydrogen (secondary N) is 2. The smallest absolute Gasteiger partial charge is 0.337 e. The van der Waals surface area contributed by atoms with Gasteiger partial charge in [-0.15, -0.1) is 0 Å². The van der Waals surface area contributed by atoms with Crippen molar-refractivity contribution in [2.75, 3.05) is 11.9 Å². The van der Waals surface area contributed by atoms with E-state index in [1.54, 1.807) is 12.1 Å². The average molecular weight is 315 g/mol. The van der Waals surface area contributed by atoms with Crippen molar-refractivity contribution >= 4 is 33.5 Å². The summed E-state index contributed by atoms with van der Waals surface area (Å²) in [5, 5.41) is 14.5. The Morgan fingerprint density at radius 2 is 2.06 bits per heavy atom. The van der Waals surface area contributed by atoms with Gasteiger partial charge in [0.15, 0.2) is 0 Å². The minimum atomic E-state index is -1.07. The van der Waals surface area contributed by atoms with Gasteiger partial charge in [0.1, 0.15) is 0 Å². The predicted octanol–water partition coefficient (Wildman–Crippen LogP) is 2.08. The van der Waals surface area contributed by atoms with Crippen LogP contribution < -0.4 is 10.6 Å². The number of benzene rings is 1. The van der Waals surface area contributed by atoms with Crippen LogP contribution in [0.5, 0.6) is 0 Å². The zero-order valence-electron chi connectivity index (χ0n) is 10.2. The number of carboxylic acids is 1. The van der Waals surface area contributed by atoms with E-state index in [-0.39, 0.29) is 29.7 Å². The Kier molecular flexibility index (Phi) is 5.30. The van der Waals surface area contributed by atoms with E-state index in [0.29, 0.717) is 4.47 Å². The summed E-state index contributed by atoms with van der Waals surface area (Å²) in [6, 6.07) is 4.82. The van der Waals surface area contributed by atoms with Crippen molar-refractivity contribution in [2.45, 2.75) is 19.9 Å². The Morgan fingerprint density at radius 1 is 1.39 bits per heavy atom. The second kappa shape index (κ2) is 6.51. The molecule has 0 saturated heterocycles. The minimum absolute atomic E-state index is 0.0658. The van der Waals surface area contributed by atoms with Crippen LogP contribution in [0.2, 0.25) is 0 Å². The molecular weight excluding hydrogens is 300 g/mol. The van der Waals surface area contributed by atoms with Gasteiger partial charge < -0.3 is 15.7 Å². The van der Waals surface area contributed by atoms with E-state index >= 15 is 0 Å². The highest BCUT2D eigenvalue weighted by atomic mass is 79.9. The standard InChI is InChI=1S/C12H15BrN2O3/c1-7(2)14-6-11(16)15-10-5-8(13)3-4-9(10)12(17)18/h3-5,7,14H,6H2,1-2H3,(H,15,16)(H,17,18). The molecule has 0 unspecified atom stereocenters. The number of hydrogen-bond donors (Lipinski definition) is 3. The molecule has 1 aromatic rings. The summed E-state index contributed by atoms with van der Waals surface area (Å²) < 4.78 is 0.708. The van der Waals surface area contributed by atoms with Gasteiger partial charge in [0, 0.05) is 10.5 Å². The van der Waals surface area contributed by atoms with Crippen LogP contribution in [-0.4, -0.2) is 29.6 Å². The van der Waals surface area contributed by atoms with E-state index in [1.807, 2.05) is 13.8 Å². The van der Waals surface area contributed by atoms with Crippen molar-refractivity contribution in [3.63, 3.8) is 0 Å². The third-order valence-electron chi connectivity index (χ3n) is 2.16. The van der Waals surface area contributed by atoms with Gasteiger partial charge in [0.2, 0.25) is 5.91 Å². The van der Waals surface area contributed by atoms with Crippen LogP contribution in [0, 0.1) is 0 Å². The number of carbonyl (C=O) groups is 2. The van der Waals surface area contributed by atoms with Crippen molar-refractivity contribution in [3.05, 3.63) is 28.2 Å². The summed E-state index contributed by atoms with van der Waals surface area (Å²) >= 11 is 3.24. The van der Waals surface area contributed by atoms with Gasteiger partial charge in [-0.05, 0) is 18.2 Å². The SMILES string of the molecule is CC(C)NCC(=O)Nc1cc(Br)ccc1C(=O)O. The van der Waals surface area contributed by atoms with Gasteiger partial charge in [0.25, 0.3) is 0 Å². The fourth-order valence-corrected chi connectivity index (χ4v) is 1.66. The van der Waals surface area contributed by atoms with E-state index in [2.05, 4.69) is 26.6 Å². The third-order valence-corrected chi connectivity index (χ3v) is 2.65. The fraction of sp³-hybridized carbons (Fsp3) is 0.333. The zero-order chi connectivity index (χ0) is 13.7. The van der Waals surface area contributed by atoms with E-state index in [1.165, 1.54) is 6.07 Å². The van der Waals surface area contributed by atoms with Crippen molar-refractivity contribution in [3.8, 4) is 0 Å². The molecule has 3 N–H and O–H groups in total. The Morgan fingerprint density at radius 3 is 2.61 bits per heavy atom. The van der Waals surface area contributed by atoms with Crippen molar-refractivity contribution in [2.24, 2.45) is 0 Å². The molecule has 5 nitrogen and oxygen atoms in total. The van der Waals surface area contributed by atoms with E-state index < -0.39 is 5.97 Å². The molecule has 0 atom stereocenters. The number of carboxylic acid groups (broad SMARTS) is 1. The molecule has 0 bridgehead atoms. The summed E-state index contributed by atoms with van der Waals surface area (Å²) in [4.78, 5) is 22.6. The summed E-state index contributed by atoms with van der Waals surface area (Å²) in [5.41, 5.74) is 0.350. The van der Waals surface area contributed by atoms with E-state index in [4.69, 9.17) is 5.11 Å². The van der Waals surface area contributed by atoms with Gasteiger partial charge in [-0.3, -0.25) is 4.79 Å². The maximum atomic E-state index is 11.6. The molecule has 1 aromatic carbocycles. The number of aromatic carboxylic acids is 1. The van der Waals surface area contributed by atoms with Gasteiger partial charge in [-0.1, -0.05) is 29.8 Å². The number of amides is 1. The molecule has 1 rings (SSSR count). The first-order valence-electron chi connectivity index (χ1n) is 5.46. The topological polar surface area (TPSA) is 78.4 Å². The van der Waals surface area contributed by atoms with E-state index in [0.717, 1.165) is 0 Å². The van der Waals surface area contributed by atoms with Crippen LogP contribution in [0.1, 0.15) is 24.2 Å². The summed E-state index contributed by atoms with van der Waals surface area (Å²) in [6.45, 7) is 3.99. The number of carbonyl (C=O) groups excluding carboxylic acids is 1. The lowest BCUT2D eigenvalue weighted by atomic mass is 10.2. The molecule has 0 aliphatic heterocycles. The molecule has 0 fully saturated rings. The lowest BCUT2D eigenvalue weighted by Gasteiger charge is -2.11. The molecular formula is C12H15BrN2O3. The predicted molar refractivity (Wildman–Crippen MR) is 72.9 cm³/mol. The lowest BCUT2D eigenvalue weighted by molar-refractivity contribution is -0.115. The number of anilines is 1. The monoisotopic (exact) mass is 314 g/mol. The minimum Gasteiger partial charge on any atom is -0.478 e. The molecule has 98 valence electrons. The summed E-state index contributed by atoms with van der Waals surface area (Å²) in [5.74, 6) is -1.35. The average Bonchev–Trinajstić information content (AvgIpc) is 2.26. The van der Waals surface area contributed by atoms with Crippen LogP contribution in [0.15, 0.2) is 22.7 Å². The summed E-state index contributed by atoms with van der Waals surface area (Å²) in [6.07, 6.45) is 0. The molecule has 6 heteroatoms. The highest BCUT2D eigenvalue weighted by Gasteiger charge is 2.12. The molecule has 0 aromatic heterocycles. The molecule has 0 aliphatic carbocycles. The molecule has 0 saturated carbocycles. The van der Waals surface area contributed by atoms with Gasteiger partial charge in [-0.2, -0.15) is 0 Å². The Bertz CT molecular complexity index is 461. The van der Waals surface area contributed by atoms with Crippen molar-refractivity contribution in [1.29, 1.82) is 0 Å². The normalized spacial score (nSPS) is 10.4. The van der Waals surface area contributed by atoms with Gasteiger partial charge in [-0.25, -0.2) is 4.79 Å². The Balaban J connectivity index is 2.79. The molecule has 0 spiro atoms.